The van der Waals surface area contributed by atoms with Crippen LogP contribution < -0.4 is 4.74 Å². The molecule has 0 aliphatic carbocycles. The number of ether oxygens (including phenoxy) is 1. The molecule has 1 aromatic carbocycles. The highest BCUT2D eigenvalue weighted by atomic mass is 16.5. The molecular formula is C15H17N3O. The zero-order chi connectivity index (χ0) is 14.3. The van der Waals surface area contributed by atoms with Crippen LogP contribution in [0.25, 0.3) is 6.08 Å². The average Bonchev–Trinajstić information content (AvgIpc) is 2.38. The van der Waals surface area contributed by atoms with Crippen LogP contribution in [0, 0.1) is 22.7 Å². The summed E-state index contributed by atoms with van der Waals surface area (Å²) in [6.07, 6.45) is 1.58. The number of allylic oxidation sites excluding steroid dienone is 1. The Morgan fingerprint density at radius 1 is 1.32 bits per heavy atom. The fourth-order valence-corrected chi connectivity index (χ4v) is 1.71. The van der Waals surface area contributed by atoms with E-state index in [0.29, 0.717) is 6.61 Å². The van der Waals surface area contributed by atoms with E-state index < -0.39 is 0 Å². The Labute approximate surface area is 114 Å². The van der Waals surface area contributed by atoms with E-state index in [1.54, 1.807) is 6.08 Å². The van der Waals surface area contributed by atoms with Gasteiger partial charge in [0.15, 0.2) is 0 Å². The Morgan fingerprint density at radius 3 is 2.53 bits per heavy atom. The molecule has 4 nitrogen and oxygen atoms in total. The van der Waals surface area contributed by atoms with Gasteiger partial charge in [-0.15, -0.1) is 0 Å². The number of hydrogen-bond acceptors (Lipinski definition) is 4. The molecule has 0 saturated carbocycles. The van der Waals surface area contributed by atoms with Crippen LogP contribution in [0.3, 0.4) is 0 Å². The maximum Gasteiger partial charge on any atom is 0.130 e. The minimum atomic E-state index is 0.0972. The maximum atomic E-state index is 8.77. The van der Waals surface area contributed by atoms with Gasteiger partial charge in [0.25, 0.3) is 0 Å². The van der Waals surface area contributed by atoms with E-state index >= 15 is 0 Å². The van der Waals surface area contributed by atoms with Crippen LogP contribution in [-0.2, 0) is 6.54 Å². The van der Waals surface area contributed by atoms with Gasteiger partial charge in [0.05, 0.1) is 6.61 Å². The Bertz CT molecular complexity index is 531. The van der Waals surface area contributed by atoms with E-state index in [2.05, 4.69) is 0 Å². The zero-order valence-electron chi connectivity index (χ0n) is 11.5. The van der Waals surface area contributed by atoms with E-state index in [0.717, 1.165) is 23.4 Å². The maximum absolute atomic E-state index is 8.77. The van der Waals surface area contributed by atoms with Crippen molar-refractivity contribution in [2.75, 3.05) is 20.7 Å². The van der Waals surface area contributed by atoms with Gasteiger partial charge in [-0.2, -0.15) is 10.5 Å². The van der Waals surface area contributed by atoms with Crippen molar-refractivity contribution in [3.8, 4) is 17.9 Å². The molecule has 98 valence electrons. The average molecular weight is 255 g/mol. The standard InChI is InChI=1S/C15H17N3O/c1-4-19-15-6-5-12(7-13(9-16)10-17)8-14(15)11-18(2)3/h5-8H,4,11H2,1-3H3. The molecule has 4 heteroatoms. The molecule has 0 fully saturated rings. The predicted molar refractivity (Wildman–Crippen MR) is 74.2 cm³/mol. The van der Waals surface area contributed by atoms with Gasteiger partial charge >= 0.3 is 0 Å². The molecule has 0 heterocycles. The first-order valence-electron chi connectivity index (χ1n) is 6.03. The summed E-state index contributed by atoms with van der Waals surface area (Å²) >= 11 is 0. The zero-order valence-corrected chi connectivity index (χ0v) is 11.5. The molecule has 0 spiro atoms. The van der Waals surface area contributed by atoms with Crippen molar-refractivity contribution >= 4 is 6.08 Å². The highest BCUT2D eigenvalue weighted by molar-refractivity contribution is 5.63. The molecule has 19 heavy (non-hydrogen) atoms. The molecule has 0 unspecified atom stereocenters. The SMILES string of the molecule is CCOc1ccc(C=C(C#N)C#N)cc1CN(C)C. The van der Waals surface area contributed by atoms with E-state index in [4.69, 9.17) is 15.3 Å². The number of rotatable bonds is 5. The van der Waals surface area contributed by atoms with Crippen molar-refractivity contribution in [1.82, 2.24) is 4.90 Å². The van der Waals surface area contributed by atoms with Crippen molar-refractivity contribution in [1.29, 1.82) is 10.5 Å². The van der Waals surface area contributed by atoms with Gasteiger partial charge in [0.2, 0.25) is 0 Å². The van der Waals surface area contributed by atoms with Crippen molar-refractivity contribution in [2.45, 2.75) is 13.5 Å². The van der Waals surface area contributed by atoms with Crippen molar-refractivity contribution in [3.05, 3.63) is 34.9 Å². The molecular weight excluding hydrogens is 238 g/mol. The van der Waals surface area contributed by atoms with Crippen LogP contribution in [0.2, 0.25) is 0 Å². The first-order valence-corrected chi connectivity index (χ1v) is 6.03. The Balaban J connectivity index is 3.15. The summed E-state index contributed by atoms with van der Waals surface area (Å²) < 4.78 is 5.57. The van der Waals surface area contributed by atoms with E-state index in [9.17, 15) is 0 Å². The second kappa shape index (κ2) is 7.20. The molecule has 0 radical (unpaired) electrons. The first kappa shape index (κ1) is 14.8. The van der Waals surface area contributed by atoms with Crippen LogP contribution in [0.1, 0.15) is 18.1 Å². The molecule has 0 atom stereocenters. The van der Waals surface area contributed by atoms with Gasteiger partial charge in [-0.05, 0) is 44.8 Å². The van der Waals surface area contributed by atoms with Gasteiger partial charge < -0.3 is 9.64 Å². The molecule has 0 aromatic heterocycles. The lowest BCUT2D eigenvalue weighted by molar-refractivity contribution is 0.325. The van der Waals surface area contributed by atoms with E-state index in [1.165, 1.54) is 0 Å². The molecule has 0 amide bonds. The van der Waals surface area contributed by atoms with Gasteiger partial charge in [0, 0.05) is 12.1 Å². The van der Waals surface area contributed by atoms with Crippen molar-refractivity contribution in [2.24, 2.45) is 0 Å². The number of benzene rings is 1. The van der Waals surface area contributed by atoms with Gasteiger partial charge in [-0.1, -0.05) is 6.07 Å². The third-order valence-electron chi connectivity index (χ3n) is 2.42. The summed E-state index contributed by atoms with van der Waals surface area (Å²) in [7, 11) is 3.96. The molecule has 0 N–H and O–H groups in total. The summed E-state index contributed by atoms with van der Waals surface area (Å²) in [4.78, 5) is 2.04. The van der Waals surface area contributed by atoms with E-state index in [1.807, 2.05) is 56.3 Å². The second-order valence-corrected chi connectivity index (χ2v) is 4.32. The predicted octanol–water partition coefficient (Wildman–Crippen LogP) is 2.58. The highest BCUT2D eigenvalue weighted by Gasteiger charge is 2.06. The Hall–Kier alpha value is -2.30. The van der Waals surface area contributed by atoms with Gasteiger partial charge in [-0.3, -0.25) is 0 Å². The Morgan fingerprint density at radius 2 is 2.00 bits per heavy atom. The highest BCUT2D eigenvalue weighted by Crippen LogP contribution is 2.22. The molecule has 0 aliphatic rings. The van der Waals surface area contributed by atoms with Crippen LogP contribution >= 0.6 is 0 Å². The smallest absolute Gasteiger partial charge is 0.130 e. The van der Waals surface area contributed by atoms with E-state index in [-0.39, 0.29) is 5.57 Å². The van der Waals surface area contributed by atoms with Crippen molar-refractivity contribution < 1.29 is 4.74 Å². The molecule has 0 bridgehead atoms. The minimum Gasteiger partial charge on any atom is -0.494 e. The van der Waals surface area contributed by atoms with Crippen LogP contribution in [0.4, 0.5) is 0 Å². The lowest BCUT2D eigenvalue weighted by Crippen LogP contribution is -2.12. The summed E-state index contributed by atoms with van der Waals surface area (Å²) in [5.74, 6) is 0.837. The number of nitrogens with zero attached hydrogens (tertiary/aromatic N) is 3. The monoisotopic (exact) mass is 255 g/mol. The van der Waals surface area contributed by atoms with Gasteiger partial charge in [0.1, 0.15) is 23.5 Å². The molecule has 1 rings (SSSR count). The third-order valence-corrected chi connectivity index (χ3v) is 2.42. The second-order valence-electron chi connectivity index (χ2n) is 4.32. The van der Waals surface area contributed by atoms with Crippen LogP contribution in [-0.4, -0.2) is 25.6 Å². The fraction of sp³-hybridized carbons (Fsp3) is 0.333. The summed E-state index contributed by atoms with van der Waals surface area (Å²) in [6.45, 7) is 3.29. The quantitative estimate of drug-likeness (QED) is 0.759. The third kappa shape index (κ3) is 4.46. The molecule has 0 saturated heterocycles. The normalized spacial score (nSPS) is 9.58. The Kier molecular flexibility index (Phi) is 5.60. The molecule has 1 aromatic rings. The number of nitriles is 2. The lowest BCUT2D eigenvalue weighted by Gasteiger charge is -2.15. The minimum absolute atomic E-state index is 0.0972. The number of hydrogen-bond donors (Lipinski definition) is 0. The summed E-state index contributed by atoms with van der Waals surface area (Å²) in [5, 5.41) is 17.5. The topological polar surface area (TPSA) is 60.0 Å². The van der Waals surface area contributed by atoms with Crippen LogP contribution in [0.5, 0.6) is 5.75 Å². The summed E-state index contributed by atoms with van der Waals surface area (Å²) in [5.41, 5.74) is 1.97. The molecule has 0 aliphatic heterocycles. The lowest BCUT2D eigenvalue weighted by atomic mass is 10.1. The largest absolute Gasteiger partial charge is 0.494 e. The summed E-state index contributed by atoms with van der Waals surface area (Å²) in [6, 6.07) is 9.38. The first-order chi connectivity index (χ1) is 9.10. The van der Waals surface area contributed by atoms with Crippen LogP contribution in [0.15, 0.2) is 23.8 Å². The van der Waals surface area contributed by atoms with Gasteiger partial charge in [-0.25, -0.2) is 0 Å². The van der Waals surface area contributed by atoms with Crippen molar-refractivity contribution in [3.63, 3.8) is 0 Å². The fourth-order valence-electron chi connectivity index (χ4n) is 1.71.